The minimum atomic E-state index is -0.918. The zero-order valence-electron chi connectivity index (χ0n) is 14.9. The van der Waals surface area contributed by atoms with Crippen LogP contribution in [-0.4, -0.2) is 30.0 Å². The third-order valence-corrected chi connectivity index (χ3v) is 3.87. The fraction of sp³-hybridized carbons (Fsp3) is 0.211. The van der Waals surface area contributed by atoms with Crippen molar-refractivity contribution < 1.29 is 28.2 Å². The first kappa shape index (κ1) is 20.0. The number of nitrogens with zero attached hydrogens (tertiary/aromatic N) is 1. The van der Waals surface area contributed by atoms with Gasteiger partial charge in [0.1, 0.15) is 5.52 Å². The number of hydrogen-bond donors (Lipinski definition) is 0. The maximum atomic E-state index is 12.1. The molecule has 9 heteroatoms. The Labute approximate surface area is 170 Å². The Morgan fingerprint density at radius 1 is 1.07 bits per heavy atom. The average Bonchev–Trinajstić information content (AvgIpc) is 3.03. The Bertz CT molecular complexity index is 1010. The number of carbonyl (C=O) groups excluding carboxylic acids is 2. The number of carbonyl (C=O) groups is 2. The van der Waals surface area contributed by atoms with Crippen LogP contribution >= 0.6 is 23.2 Å². The lowest BCUT2D eigenvalue weighted by Gasteiger charge is -2.08. The monoisotopic (exact) mass is 423 g/mol. The molecular formula is C19H15Cl2NO6. The number of rotatable bonds is 5. The van der Waals surface area contributed by atoms with Crippen molar-refractivity contribution in [2.24, 2.45) is 0 Å². The van der Waals surface area contributed by atoms with Crippen LogP contribution in [0.25, 0.3) is 22.6 Å². The molecule has 0 atom stereocenters. The summed E-state index contributed by atoms with van der Waals surface area (Å²) in [4.78, 5) is 27.7. The second-order valence-electron chi connectivity index (χ2n) is 5.97. The number of oxazole rings is 1. The molecule has 0 fully saturated rings. The zero-order valence-corrected chi connectivity index (χ0v) is 16.4. The van der Waals surface area contributed by atoms with Crippen molar-refractivity contribution in [1.82, 2.24) is 4.98 Å². The van der Waals surface area contributed by atoms with Crippen molar-refractivity contribution in [2.45, 2.75) is 20.0 Å². The van der Waals surface area contributed by atoms with Crippen molar-refractivity contribution in [3.63, 3.8) is 0 Å². The number of ether oxygens (including phenoxy) is 3. The SMILES string of the molecule is CC(C)OC(=O)OCOC(=O)c1ccc2nc(-c3cc(Cl)cc(Cl)c3)oc2c1. The van der Waals surface area contributed by atoms with Crippen LogP contribution in [0.1, 0.15) is 24.2 Å². The van der Waals surface area contributed by atoms with E-state index in [9.17, 15) is 9.59 Å². The van der Waals surface area contributed by atoms with Crippen LogP contribution in [-0.2, 0) is 14.2 Å². The Morgan fingerprint density at radius 2 is 1.79 bits per heavy atom. The number of aromatic nitrogens is 1. The molecule has 0 amide bonds. The molecule has 2 aromatic carbocycles. The highest BCUT2D eigenvalue weighted by molar-refractivity contribution is 6.35. The summed E-state index contributed by atoms with van der Waals surface area (Å²) in [5.41, 5.74) is 1.73. The molecule has 7 nitrogen and oxygen atoms in total. The third-order valence-electron chi connectivity index (χ3n) is 3.43. The van der Waals surface area contributed by atoms with Crippen LogP contribution in [0.4, 0.5) is 4.79 Å². The van der Waals surface area contributed by atoms with E-state index in [-0.39, 0.29) is 11.7 Å². The highest BCUT2D eigenvalue weighted by Crippen LogP contribution is 2.29. The Kier molecular flexibility index (Phi) is 6.06. The van der Waals surface area contributed by atoms with Gasteiger partial charge in [-0.1, -0.05) is 23.2 Å². The number of fused-ring (bicyclic) bond motifs is 1. The normalized spacial score (nSPS) is 10.9. The minimum Gasteiger partial charge on any atom is -0.436 e. The van der Waals surface area contributed by atoms with E-state index in [2.05, 4.69) is 9.72 Å². The largest absolute Gasteiger partial charge is 0.511 e. The highest BCUT2D eigenvalue weighted by Gasteiger charge is 2.15. The number of halogens is 2. The molecule has 0 radical (unpaired) electrons. The van der Waals surface area contributed by atoms with Gasteiger partial charge in [-0.15, -0.1) is 0 Å². The number of benzene rings is 2. The molecule has 0 saturated heterocycles. The van der Waals surface area contributed by atoms with Crippen LogP contribution in [0.2, 0.25) is 10.0 Å². The summed E-state index contributed by atoms with van der Waals surface area (Å²) >= 11 is 12.0. The van der Waals surface area contributed by atoms with E-state index in [1.54, 1.807) is 38.1 Å². The first-order valence-corrected chi connectivity index (χ1v) is 8.95. The fourth-order valence-electron chi connectivity index (χ4n) is 2.29. The molecule has 3 aromatic rings. The molecule has 1 aromatic heterocycles. The number of hydrogen-bond acceptors (Lipinski definition) is 7. The molecule has 3 rings (SSSR count). The molecule has 0 unspecified atom stereocenters. The van der Waals surface area contributed by atoms with Crippen molar-refractivity contribution in [1.29, 1.82) is 0 Å². The van der Waals surface area contributed by atoms with Gasteiger partial charge in [-0.3, -0.25) is 0 Å². The van der Waals surface area contributed by atoms with E-state index in [4.69, 9.17) is 37.1 Å². The lowest BCUT2D eigenvalue weighted by molar-refractivity contribution is -0.0344. The predicted molar refractivity (Wildman–Crippen MR) is 102 cm³/mol. The average molecular weight is 424 g/mol. The summed E-state index contributed by atoms with van der Waals surface area (Å²) < 4.78 is 20.0. The van der Waals surface area contributed by atoms with E-state index in [1.807, 2.05) is 0 Å². The van der Waals surface area contributed by atoms with Crippen LogP contribution in [0.15, 0.2) is 40.8 Å². The summed E-state index contributed by atoms with van der Waals surface area (Å²) in [7, 11) is 0. The van der Waals surface area contributed by atoms with Gasteiger partial charge in [-0.2, -0.15) is 0 Å². The molecule has 0 spiro atoms. The van der Waals surface area contributed by atoms with Crippen LogP contribution < -0.4 is 0 Å². The molecule has 0 N–H and O–H groups in total. The zero-order chi connectivity index (χ0) is 20.3. The molecule has 0 aliphatic carbocycles. The maximum absolute atomic E-state index is 12.1. The van der Waals surface area contributed by atoms with Gasteiger partial charge in [0, 0.05) is 15.6 Å². The van der Waals surface area contributed by atoms with Gasteiger partial charge in [0.15, 0.2) is 5.58 Å². The molecule has 28 heavy (non-hydrogen) atoms. The van der Waals surface area contributed by atoms with E-state index >= 15 is 0 Å². The first-order valence-electron chi connectivity index (χ1n) is 8.19. The van der Waals surface area contributed by atoms with Crippen molar-refractivity contribution >= 4 is 46.4 Å². The van der Waals surface area contributed by atoms with Gasteiger partial charge in [0.05, 0.1) is 11.7 Å². The van der Waals surface area contributed by atoms with Crippen molar-refractivity contribution in [3.05, 3.63) is 52.0 Å². The van der Waals surface area contributed by atoms with Gasteiger partial charge < -0.3 is 18.6 Å². The Balaban J connectivity index is 1.72. The summed E-state index contributed by atoms with van der Waals surface area (Å²) in [6, 6.07) is 9.55. The second-order valence-corrected chi connectivity index (χ2v) is 6.84. The maximum Gasteiger partial charge on any atom is 0.511 e. The van der Waals surface area contributed by atoms with Crippen LogP contribution in [0.5, 0.6) is 0 Å². The summed E-state index contributed by atoms with van der Waals surface area (Å²) in [6.07, 6.45) is -1.25. The van der Waals surface area contributed by atoms with Gasteiger partial charge in [0.2, 0.25) is 12.7 Å². The van der Waals surface area contributed by atoms with Gasteiger partial charge in [-0.25, -0.2) is 14.6 Å². The highest BCUT2D eigenvalue weighted by atomic mass is 35.5. The predicted octanol–water partition coefficient (Wildman–Crippen LogP) is 5.48. The van der Waals surface area contributed by atoms with E-state index < -0.39 is 18.9 Å². The molecule has 0 aliphatic heterocycles. The molecule has 0 bridgehead atoms. The van der Waals surface area contributed by atoms with Crippen molar-refractivity contribution in [3.8, 4) is 11.5 Å². The van der Waals surface area contributed by atoms with Gasteiger partial charge in [-0.05, 0) is 50.2 Å². The topological polar surface area (TPSA) is 87.9 Å². The van der Waals surface area contributed by atoms with E-state index in [0.29, 0.717) is 32.6 Å². The quantitative estimate of drug-likeness (QED) is 0.396. The van der Waals surface area contributed by atoms with Crippen LogP contribution in [0.3, 0.4) is 0 Å². The first-order chi connectivity index (χ1) is 13.3. The third kappa shape index (κ3) is 4.94. The molecule has 0 aliphatic rings. The summed E-state index contributed by atoms with van der Waals surface area (Å²) in [5.74, 6) is -0.382. The fourth-order valence-corrected chi connectivity index (χ4v) is 2.82. The Hall–Kier alpha value is -2.77. The molecule has 146 valence electrons. The lowest BCUT2D eigenvalue weighted by Crippen LogP contribution is -2.16. The minimum absolute atomic E-state index is 0.208. The van der Waals surface area contributed by atoms with Crippen molar-refractivity contribution in [2.75, 3.05) is 6.79 Å². The van der Waals surface area contributed by atoms with Crippen LogP contribution in [0, 0.1) is 0 Å². The van der Waals surface area contributed by atoms with Gasteiger partial charge >= 0.3 is 12.1 Å². The number of esters is 1. The molecule has 0 saturated carbocycles. The summed E-state index contributed by atoms with van der Waals surface area (Å²) in [5, 5.41) is 0.898. The molecule has 1 heterocycles. The van der Waals surface area contributed by atoms with Gasteiger partial charge in [0.25, 0.3) is 0 Å². The van der Waals surface area contributed by atoms with E-state index in [1.165, 1.54) is 12.1 Å². The standard InChI is InChI=1S/C19H15Cl2NO6/c1-10(2)27-19(24)26-9-25-18(23)11-3-4-15-16(7-11)28-17(22-15)12-5-13(20)8-14(21)6-12/h3-8,10H,9H2,1-2H3. The summed E-state index contributed by atoms with van der Waals surface area (Å²) in [6.45, 7) is 2.78. The lowest BCUT2D eigenvalue weighted by atomic mass is 10.2. The second kappa shape index (κ2) is 8.50. The molecular weight excluding hydrogens is 409 g/mol. The Morgan fingerprint density at radius 3 is 2.46 bits per heavy atom. The van der Waals surface area contributed by atoms with E-state index in [0.717, 1.165) is 0 Å². The smallest absolute Gasteiger partial charge is 0.436 e.